The van der Waals surface area contributed by atoms with E-state index in [1.54, 1.807) is 17.5 Å². The number of rotatable bonds is 1. The lowest BCUT2D eigenvalue weighted by Crippen LogP contribution is -2.41. The molecule has 2 fully saturated rings. The molecule has 2 aromatic carbocycles. The molecule has 0 spiro atoms. The molecule has 3 aliphatic rings. The van der Waals surface area contributed by atoms with Gasteiger partial charge in [-0.15, -0.1) is 0 Å². The number of hydrogen-bond acceptors (Lipinski definition) is 3. The summed E-state index contributed by atoms with van der Waals surface area (Å²) in [6.07, 6.45) is 12.0. The summed E-state index contributed by atoms with van der Waals surface area (Å²) in [6.45, 7) is 18.4. The van der Waals surface area contributed by atoms with E-state index in [2.05, 4.69) is 90.4 Å². The van der Waals surface area contributed by atoms with Crippen molar-refractivity contribution in [2.45, 2.75) is 111 Å². The number of ether oxygens (including phenoxy) is 1. The monoisotopic (exact) mass is 603 g/mol. The van der Waals surface area contributed by atoms with E-state index < -0.39 is 0 Å². The van der Waals surface area contributed by atoms with Crippen molar-refractivity contribution in [1.82, 2.24) is 9.55 Å². The van der Waals surface area contributed by atoms with E-state index in [4.69, 9.17) is 10.00 Å². The predicted octanol–water partition coefficient (Wildman–Crippen LogP) is 9.47. The van der Waals surface area contributed by atoms with E-state index in [0.717, 1.165) is 46.2 Å². The Morgan fingerprint density at radius 2 is 1.67 bits per heavy atom. The van der Waals surface area contributed by atoms with Crippen LogP contribution in [0.3, 0.4) is 0 Å². The van der Waals surface area contributed by atoms with E-state index in [1.807, 2.05) is 43.1 Å². The van der Waals surface area contributed by atoms with Crippen LogP contribution in [-0.4, -0.2) is 16.7 Å². The molecule has 2 saturated carbocycles. The Bertz CT molecular complexity index is 1650. The van der Waals surface area contributed by atoms with Gasteiger partial charge in [-0.2, -0.15) is 5.26 Å². The topological polar surface area (TPSA) is 50.8 Å². The zero-order valence-electron chi connectivity index (χ0n) is 29.3. The quantitative estimate of drug-likeness (QED) is 0.260. The number of fused-ring (bicyclic) bond motifs is 5. The summed E-state index contributed by atoms with van der Waals surface area (Å²) in [6, 6.07) is 12.9. The van der Waals surface area contributed by atoms with Crippen molar-refractivity contribution in [2.75, 3.05) is 7.11 Å². The molecule has 0 bridgehead atoms. The molecule has 3 aliphatic carbocycles. The number of hydrogen-bond donors (Lipinski definition) is 0. The fraction of sp³-hybridized carbons (Fsp3) is 0.561. The summed E-state index contributed by atoms with van der Waals surface area (Å²) in [7, 11) is 3.74. The second kappa shape index (κ2) is 12.4. The summed E-state index contributed by atoms with van der Waals surface area (Å²) in [5, 5.41) is 9.13. The molecular formula is C41H53N3O. The Kier molecular flexibility index (Phi) is 9.03. The molecule has 4 heteroatoms. The maximum atomic E-state index is 9.13. The smallest absolute Gasteiger partial charge is 0.131 e. The Labute approximate surface area is 272 Å². The minimum Gasteiger partial charge on any atom is -0.496 e. The molecular weight excluding hydrogens is 550 g/mol. The lowest BCUT2D eigenvalue weighted by Gasteiger charge is -2.51. The molecule has 0 radical (unpaired) electrons. The SMILES string of the molecule is COc1cc2c(cc1C(C)(C)C)C1CC[C@@]3(C)C(CC[C@@H]3C)C1CC2.Cn1cnc(C#Cc2cc(C#N)cc(C(C)(C)C)c2)c1. The highest BCUT2D eigenvalue weighted by Crippen LogP contribution is 2.63. The number of nitrogens with zero attached hydrogens (tertiary/aromatic N) is 3. The molecule has 6 rings (SSSR count). The van der Waals surface area contributed by atoms with E-state index in [9.17, 15) is 0 Å². The van der Waals surface area contributed by atoms with E-state index >= 15 is 0 Å². The highest BCUT2D eigenvalue weighted by molar-refractivity contribution is 5.50. The van der Waals surface area contributed by atoms with Crippen LogP contribution in [0.25, 0.3) is 0 Å². The van der Waals surface area contributed by atoms with Crippen LogP contribution in [0.15, 0.2) is 42.9 Å². The van der Waals surface area contributed by atoms with Crippen molar-refractivity contribution >= 4 is 0 Å². The molecule has 45 heavy (non-hydrogen) atoms. The van der Waals surface area contributed by atoms with Gasteiger partial charge in [0.1, 0.15) is 11.4 Å². The Hall–Kier alpha value is -3.50. The van der Waals surface area contributed by atoms with Crippen molar-refractivity contribution in [2.24, 2.45) is 30.2 Å². The van der Waals surface area contributed by atoms with Gasteiger partial charge >= 0.3 is 0 Å². The Balaban J connectivity index is 0.000000183. The van der Waals surface area contributed by atoms with Crippen molar-refractivity contribution in [3.8, 4) is 23.7 Å². The van der Waals surface area contributed by atoms with Crippen LogP contribution in [0.2, 0.25) is 0 Å². The van der Waals surface area contributed by atoms with Gasteiger partial charge in [-0.05, 0) is 131 Å². The summed E-state index contributed by atoms with van der Waals surface area (Å²) in [4.78, 5) is 4.17. The number of imidazole rings is 1. The maximum absolute atomic E-state index is 9.13. The van der Waals surface area contributed by atoms with Crippen LogP contribution in [0.5, 0.6) is 5.75 Å². The molecule has 0 N–H and O–H groups in total. The molecule has 0 aliphatic heterocycles. The Morgan fingerprint density at radius 1 is 0.933 bits per heavy atom. The zero-order valence-corrected chi connectivity index (χ0v) is 29.3. The molecule has 5 atom stereocenters. The average molecular weight is 604 g/mol. The van der Waals surface area contributed by atoms with Crippen LogP contribution in [0.4, 0.5) is 0 Å². The minimum absolute atomic E-state index is 0.00567. The first-order valence-corrected chi connectivity index (χ1v) is 16.9. The first-order chi connectivity index (χ1) is 21.1. The second-order valence-electron chi connectivity index (χ2n) is 16.3. The highest BCUT2D eigenvalue weighted by Gasteiger charge is 2.53. The van der Waals surface area contributed by atoms with E-state index in [1.165, 1.54) is 44.1 Å². The van der Waals surface area contributed by atoms with Crippen molar-refractivity contribution in [1.29, 1.82) is 5.26 Å². The predicted molar refractivity (Wildman–Crippen MR) is 185 cm³/mol. The maximum Gasteiger partial charge on any atom is 0.131 e. The molecule has 0 amide bonds. The largest absolute Gasteiger partial charge is 0.496 e. The number of aromatic nitrogens is 2. The third-order valence-electron chi connectivity index (χ3n) is 11.3. The lowest BCUT2D eigenvalue weighted by molar-refractivity contribution is 0.0336. The molecule has 3 unspecified atom stereocenters. The summed E-state index contributed by atoms with van der Waals surface area (Å²) < 4.78 is 7.63. The highest BCUT2D eigenvalue weighted by atomic mass is 16.5. The lowest BCUT2D eigenvalue weighted by atomic mass is 9.54. The summed E-state index contributed by atoms with van der Waals surface area (Å²) in [5.41, 5.74) is 8.70. The van der Waals surface area contributed by atoms with Gasteiger partial charge in [-0.1, -0.05) is 67.4 Å². The first-order valence-electron chi connectivity index (χ1n) is 16.9. The molecule has 0 saturated heterocycles. The normalized spacial score (nSPS) is 25.4. The van der Waals surface area contributed by atoms with Crippen LogP contribution in [0.1, 0.15) is 132 Å². The van der Waals surface area contributed by atoms with Gasteiger partial charge in [0.05, 0.1) is 25.1 Å². The minimum atomic E-state index is -0.00567. The van der Waals surface area contributed by atoms with Gasteiger partial charge in [0.25, 0.3) is 0 Å². The molecule has 3 aromatic rings. The van der Waals surface area contributed by atoms with E-state index in [0.29, 0.717) is 11.0 Å². The fourth-order valence-electron chi connectivity index (χ4n) is 8.43. The average Bonchev–Trinajstić information content (AvgIpc) is 3.55. The number of methoxy groups -OCH3 is 1. The van der Waals surface area contributed by atoms with Crippen molar-refractivity contribution < 1.29 is 4.74 Å². The zero-order chi connectivity index (χ0) is 32.7. The second-order valence-corrected chi connectivity index (χ2v) is 16.3. The summed E-state index contributed by atoms with van der Waals surface area (Å²) >= 11 is 0. The number of benzene rings is 2. The molecule has 1 heterocycles. The van der Waals surface area contributed by atoms with E-state index in [-0.39, 0.29) is 10.8 Å². The van der Waals surface area contributed by atoms with Gasteiger partial charge in [0.15, 0.2) is 0 Å². The number of nitriles is 1. The van der Waals surface area contributed by atoms with Crippen LogP contribution < -0.4 is 4.74 Å². The first kappa shape index (κ1) is 32.9. The molecule has 1 aromatic heterocycles. The number of aryl methyl sites for hydroxylation is 2. The van der Waals surface area contributed by atoms with Gasteiger partial charge in [-0.25, -0.2) is 4.98 Å². The van der Waals surface area contributed by atoms with Crippen molar-refractivity contribution in [3.63, 3.8) is 0 Å². The van der Waals surface area contributed by atoms with Crippen LogP contribution >= 0.6 is 0 Å². The fourth-order valence-corrected chi connectivity index (χ4v) is 8.43. The van der Waals surface area contributed by atoms with Crippen LogP contribution in [0, 0.1) is 46.3 Å². The van der Waals surface area contributed by atoms with Gasteiger partial charge < -0.3 is 9.30 Å². The van der Waals surface area contributed by atoms with Crippen LogP contribution in [-0.2, 0) is 24.3 Å². The molecule has 4 nitrogen and oxygen atoms in total. The third-order valence-corrected chi connectivity index (χ3v) is 11.3. The molecule has 238 valence electrons. The summed E-state index contributed by atoms with van der Waals surface area (Å²) in [5.74, 6) is 10.8. The standard InChI is InChI=1S/C24H36O.C17H17N3/c1-15-7-10-20-18-9-8-16-13-22(25-6)21(23(2,3)4)14-19(16)17(18)11-12-24(15,20)5;1-17(2,3)15-8-13(7-14(9-15)10-18)5-6-16-11-20(4)12-19-16/h13-15,17-18,20H,7-12H2,1-6H3;7-9,11-12H,1-4H3/t15-,17?,18?,20?,24+;/m0./s1. The third kappa shape index (κ3) is 6.72. The van der Waals surface area contributed by atoms with Gasteiger partial charge in [0.2, 0.25) is 0 Å². The Morgan fingerprint density at radius 3 is 2.29 bits per heavy atom. The van der Waals surface area contributed by atoms with Gasteiger partial charge in [0, 0.05) is 18.8 Å². The van der Waals surface area contributed by atoms with Crippen molar-refractivity contribution in [3.05, 3.63) is 81.9 Å². The van der Waals surface area contributed by atoms with Gasteiger partial charge in [-0.3, -0.25) is 0 Å².